The lowest BCUT2D eigenvalue weighted by atomic mass is 10.0. The molecule has 1 N–H and O–H groups in total. The van der Waals surface area contributed by atoms with Gasteiger partial charge in [-0.1, -0.05) is 22.0 Å². The van der Waals surface area contributed by atoms with Crippen LogP contribution in [0.1, 0.15) is 19.4 Å². The lowest BCUT2D eigenvalue weighted by molar-refractivity contribution is 0.555. The van der Waals surface area contributed by atoms with E-state index < -0.39 is 5.76 Å². The highest BCUT2D eigenvalue weighted by Gasteiger charge is 2.14. The molecule has 2 rings (SSSR count). The monoisotopic (exact) mass is 269 g/mol. The van der Waals surface area contributed by atoms with Crippen LogP contribution in [0.15, 0.2) is 27.4 Å². The first-order valence-corrected chi connectivity index (χ1v) is 5.54. The van der Waals surface area contributed by atoms with Gasteiger partial charge in [-0.05, 0) is 38.0 Å². The molecule has 3 nitrogen and oxygen atoms in total. The Morgan fingerprint density at radius 3 is 2.87 bits per heavy atom. The maximum Gasteiger partial charge on any atom is 0.417 e. The van der Waals surface area contributed by atoms with Crippen molar-refractivity contribution < 1.29 is 4.42 Å². The van der Waals surface area contributed by atoms with Crippen LogP contribution in [0.2, 0.25) is 0 Å². The Morgan fingerprint density at radius 1 is 1.47 bits per heavy atom. The van der Waals surface area contributed by atoms with Crippen LogP contribution in [0.3, 0.4) is 0 Å². The number of aromatic nitrogens is 1. The molecule has 0 unspecified atom stereocenters. The average Bonchev–Trinajstić information content (AvgIpc) is 2.40. The average molecular weight is 270 g/mol. The summed E-state index contributed by atoms with van der Waals surface area (Å²) in [5.41, 5.74) is 2.51. The third-order valence-electron chi connectivity index (χ3n) is 2.11. The van der Waals surface area contributed by atoms with Crippen molar-refractivity contribution in [3.8, 4) is 0 Å². The van der Waals surface area contributed by atoms with Crippen molar-refractivity contribution in [2.24, 2.45) is 0 Å². The van der Waals surface area contributed by atoms with Gasteiger partial charge >= 0.3 is 5.76 Å². The molecule has 0 saturated heterocycles. The number of halogens is 1. The Balaban J connectivity index is 2.42. The molecule has 0 aliphatic rings. The molecule has 15 heavy (non-hydrogen) atoms. The van der Waals surface area contributed by atoms with Crippen LogP contribution in [0.4, 0.5) is 0 Å². The normalized spacial score (nSPS) is 12.2. The SMILES string of the molecule is CC(C)(Br)Cc1ccc2[nH]c(=O)oc2c1. The number of nitrogens with one attached hydrogen (secondary N) is 1. The second-order valence-electron chi connectivity index (χ2n) is 4.24. The number of oxazole rings is 1. The number of hydrogen-bond acceptors (Lipinski definition) is 2. The van der Waals surface area contributed by atoms with E-state index >= 15 is 0 Å². The Bertz CT molecular complexity index is 533. The van der Waals surface area contributed by atoms with Crippen molar-refractivity contribution in [2.75, 3.05) is 0 Å². The molecule has 0 saturated carbocycles. The van der Waals surface area contributed by atoms with Crippen molar-refractivity contribution in [3.05, 3.63) is 34.3 Å². The number of rotatable bonds is 2. The summed E-state index contributed by atoms with van der Waals surface area (Å²) >= 11 is 3.58. The molecule has 0 aliphatic carbocycles. The highest BCUT2D eigenvalue weighted by atomic mass is 79.9. The maximum atomic E-state index is 11.0. The van der Waals surface area contributed by atoms with Gasteiger partial charge in [0.05, 0.1) is 5.52 Å². The van der Waals surface area contributed by atoms with Crippen LogP contribution in [0, 0.1) is 0 Å². The van der Waals surface area contributed by atoms with Gasteiger partial charge in [-0.25, -0.2) is 4.79 Å². The fraction of sp³-hybridized carbons (Fsp3) is 0.364. The quantitative estimate of drug-likeness (QED) is 0.853. The summed E-state index contributed by atoms with van der Waals surface area (Å²) in [4.78, 5) is 13.6. The number of alkyl halides is 1. The molecule has 4 heteroatoms. The number of benzene rings is 1. The second-order valence-corrected chi connectivity index (χ2v) is 6.39. The fourth-order valence-corrected chi connectivity index (χ4v) is 1.91. The Labute approximate surface area is 95.6 Å². The number of H-pyrrole nitrogens is 1. The Morgan fingerprint density at radius 2 is 2.20 bits per heavy atom. The number of hydrogen-bond donors (Lipinski definition) is 1. The molecule has 1 aromatic carbocycles. The highest BCUT2D eigenvalue weighted by Crippen LogP contribution is 2.23. The summed E-state index contributed by atoms with van der Waals surface area (Å²) in [7, 11) is 0. The van der Waals surface area contributed by atoms with Gasteiger partial charge in [0.15, 0.2) is 5.58 Å². The van der Waals surface area contributed by atoms with Crippen LogP contribution in [0.5, 0.6) is 0 Å². The molecule has 0 aliphatic heterocycles. The van der Waals surface area contributed by atoms with Crippen LogP contribution in [-0.2, 0) is 6.42 Å². The van der Waals surface area contributed by atoms with Gasteiger partial charge in [-0.2, -0.15) is 0 Å². The molecular weight excluding hydrogens is 258 g/mol. The Hall–Kier alpha value is -1.03. The van der Waals surface area contributed by atoms with Crippen molar-refractivity contribution in [3.63, 3.8) is 0 Å². The summed E-state index contributed by atoms with van der Waals surface area (Å²) in [5.74, 6) is -0.403. The van der Waals surface area contributed by atoms with Gasteiger partial charge in [0.2, 0.25) is 0 Å². The van der Waals surface area contributed by atoms with E-state index in [4.69, 9.17) is 4.42 Å². The molecule has 2 aromatic rings. The van der Waals surface area contributed by atoms with E-state index in [9.17, 15) is 4.79 Å². The van der Waals surface area contributed by atoms with Crippen molar-refractivity contribution in [1.29, 1.82) is 0 Å². The molecular formula is C11H12BrNO2. The third-order valence-corrected chi connectivity index (χ3v) is 2.39. The summed E-state index contributed by atoms with van der Waals surface area (Å²) in [6.07, 6.45) is 0.887. The number of fused-ring (bicyclic) bond motifs is 1. The van der Waals surface area contributed by atoms with E-state index in [0.717, 1.165) is 17.5 Å². The van der Waals surface area contributed by atoms with Gasteiger partial charge in [0, 0.05) is 4.32 Å². The van der Waals surface area contributed by atoms with E-state index in [1.165, 1.54) is 0 Å². The fourth-order valence-electron chi connectivity index (χ4n) is 1.59. The van der Waals surface area contributed by atoms with E-state index in [1.54, 1.807) is 0 Å². The van der Waals surface area contributed by atoms with E-state index in [2.05, 4.69) is 34.8 Å². The van der Waals surface area contributed by atoms with Crippen molar-refractivity contribution in [1.82, 2.24) is 4.98 Å². The summed E-state index contributed by atoms with van der Waals surface area (Å²) in [5, 5.41) is 0. The molecule has 80 valence electrons. The van der Waals surface area contributed by atoms with E-state index in [0.29, 0.717) is 5.58 Å². The highest BCUT2D eigenvalue weighted by molar-refractivity contribution is 9.10. The zero-order valence-corrected chi connectivity index (χ0v) is 10.2. The minimum absolute atomic E-state index is 0.0529. The first kappa shape index (κ1) is 10.5. The van der Waals surface area contributed by atoms with Gasteiger partial charge in [0.1, 0.15) is 0 Å². The Kier molecular flexibility index (Phi) is 2.46. The number of aromatic amines is 1. The van der Waals surface area contributed by atoms with Crippen LogP contribution < -0.4 is 5.76 Å². The first-order valence-electron chi connectivity index (χ1n) is 4.75. The molecule has 0 radical (unpaired) electrons. The minimum Gasteiger partial charge on any atom is -0.408 e. The minimum atomic E-state index is -0.403. The van der Waals surface area contributed by atoms with Gasteiger partial charge in [-0.15, -0.1) is 0 Å². The largest absolute Gasteiger partial charge is 0.417 e. The predicted molar refractivity (Wildman–Crippen MR) is 63.5 cm³/mol. The van der Waals surface area contributed by atoms with Crippen molar-refractivity contribution in [2.45, 2.75) is 24.6 Å². The second kappa shape index (κ2) is 3.52. The topological polar surface area (TPSA) is 46.0 Å². The molecule has 1 heterocycles. The van der Waals surface area contributed by atoms with Crippen LogP contribution in [-0.4, -0.2) is 9.31 Å². The maximum absolute atomic E-state index is 11.0. The first-order chi connectivity index (χ1) is 6.94. The van der Waals surface area contributed by atoms with Gasteiger partial charge in [-0.3, -0.25) is 4.98 Å². The summed E-state index contributed by atoms with van der Waals surface area (Å²) in [6, 6.07) is 5.77. The van der Waals surface area contributed by atoms with Crippen LogP contribution in [0.25, 0.3) is 11.1 Å². The lowest BCUT2D eigenvalue weighted by Gasteiger charge is -2.15. The molecule has 0 bridgehead atoms. The zero-order valence-electron chi connectivity index (χ0n) is 8.63. The molecule has 0 fully saturated rings. The summed E-state index contributed by atoms with van der Waals surface area (Å²) in [6.45, 7) is 4.20. The third kappa shape index (κ3) is 2.50. The molecule has 0 atom stereocenters. The van der Waals surface area contributed by atoms with Gasteiger partial charge in [0.25, 0.3) is 0 Å². The lowest BCUT2D eigenvalue weighted by Crippen LogP contribution is -2.12. The molecule has 0 spiro atoms. The smallest absolute Gasteiger partial charge is 0.408 e. The van der Waals surface area contributed by atoms with Gasteiger partial charge < -0.3 is 4.42 Å². The molecule has 1 aromatic heterocycles. The van der Waals surface area contributed by atoms with E-state index in [1.807, 2.05) is 18.2 Å². The van der Waals surface area contributed by atoms with E-state index in [-0.39, 0.29) is 4.32 Å². The summed E-state index contributed by atoms with van der Waals surface area (Å²) < 4.78 is 5.05. The molecule has 0 amide bonds. The standard InChI is InChI=1S/C11H12BrNO2/c1-11(2,12)6-7-3-4-8-9(5-7)15-10(14)13-8/h3-5H,6H2,1-2H3,(H,13,14). The predicted octanol–water partition coefficient (Wildman–Crippen LogP) is 2.84. The van der Waals surface area contributed by atoms with Crippen molar-refractivity contribution >= 4 is 27.0 Å². The zero-order chi connectivity index (χ0) is 11.1. The van der Waals surface area contributed by atoms with Crippen LogP contribution >= 0.6 is 15.9 Å².